The monoisotopic (exact) mass is 415 g/mol. The molecule has 6 nitrogen and oxygen atoms in total. The molecule has 2 heterocycles. The van der Waals surface area contributed by atoms with Gasteiger partial charge in [0.05, 0.1) is 0 Å². The second-order valence-corrected chi connectivity index (χ2v) is 8.52. The van der Waals surface area contributed by atoms with Gasteiger partial charge in [0, 0.05) is 17.4 Å². The van der Waals surface area contributed by atoms with Crippen molar-refractivity contribution in [2.24, 2.45) is 0 Å². The van der Waals surface area contributed by atoms with Gasteiger partial charge in [0.2, 0.25) is 11.6 Å². The molecule has 0 aliphatic rings. The van der Waals surface area contributed by atoms with E-state index in [2.05, 4.69) is 48.2 Å². The molecule has 0 radical (unpaired) electrons. The highest BCUT2D eigenvalue weighted by Gasteiger charge is 2.14. The molecule has 0 saturated carbocycles. The molecule has 2 aromatic heterocycles. The van der Waals surface area contributed by atoms with E-state index in [0.29, 0.717) is 22.8 Å². The number of carbonyl (C=O) groups is 1. The highest BCUT2D eigenvalue weighted by molar-refractivity contribution is 5.87. The minimum absolute atomic E-state index is 0.0874. The summed E-state index contributed by atoms with van der Waals surface area (Å²) in [4.78, 5) is 21.0. The van der Waals surface area contributed by atoms with Gasteiger partial charge in [-0.3, -0.25) is 5.32 Å². The maximum Gasteiger partial charge on any atom is 0.411 e. The summed E-state index contributed by atoms with van der Waals surface area (Å²) >= 11 is 0. The van der Waals surface area contributed by atoms with E-state index in [1.54, 1.807) is 6.20 Å². The number of rotatable bonds is 4. The summed E-state index contributed by atoms with van der Waals surface area (Å²) in [5.41, 5.74) is 5.72. The molecule has 0 spiro atoms. The van der Waals surface area contributed by atoms with E-state index in [0.717, 1.165) is 16.7 Å². The number of nitrogens with one attached hydrogen (secondary N) is 1. The van der Waals surface area contributed by atoms with Gasteiger partial charge in [0.15, 0.2) is 0 Å². The third kappa shape index (κ3) is 4.74. The van der Waals surface area contributed by atoms with Gasteiger partial charge in [-0.1, -0.05) is 51.1 Å². The molecule has 4 aromatic rings. The quantitative estimate of drug-likeness (QED) is 0.427. The number of aryl methyl sites for hydroxylation is 1. The number of pyridine rings is 1. The molecule has 4 rings (SSSR count). The Bertz CT molecular complexity index is 1190. The average molecular weight is 415 g/mol. The molecule has 0 unspecified atom stereocenters. The van der Waals surface area contributed by atoms with Crippen LogP contribution < -0.4 is 5.32 Å². The van der Waals surface area contributed by atoms with E-state index in [9.17, 15) is 4.79 Å². The molecule has 0 fully saturated rings. The summed E-state index contributed by atoms with van der Waals surface area (Å²) < 4.78 is 11.1. The van der Waals surface area contributed by atoms with Gasteiger partial charge < -0.3 is 9.15 Å². The molecule has 158 valence electrons. The minimum Gasteiger partial charge on any atom is -0.444 e. The zero-order valence-electron chi connectivity index (χ0n) is 18.1. The standard InChI is InChI=1S/C25H25N3O3/c1-16-7-10-18(22-27-20-6-5-13-26-23(20)31-22)14-21(16)28-24(29)30-15-17-8-11-19(12-9-17)25(2,3)4/h5-14H,15H2,1-4H3,(H,28,29). The number of hydrogen-bond acceptors (Lipinski definition) is 5. The fraction of sp³-hybridized carbons (Fsp3) is 0.240. The number of fused-ring (bicyclic) bond motifs is 1. The SMILES string of the molecule is Cc1ccc(-c2nc3cccnc3o2)cc1NC(=O)OCc1ccc(C(C)(C)C)cc1. The highest BCUT2D eigenvalue weighted by Crippen LogP contribution is 2.27. The Labute approximate surface area is 181 Å². The van der Waals surface area contributed by atoms with Crippen LogP contribution in [0.2, 0.25) is 0 Å². The van der Waals surface area contributed by atoms with Crippen molar-refractivity contribution >= 4 is 23.0 Å². The lowest BCUT2D eigenvalue weighted by molar-refractivity contribution is 0.155. The molecule has 31 heavy (non-hydrogen) atoms. The van der Waals surface area contributed by atoms with Crippen LogP contribution in [0.1, 0.15) is 37.5 Å². The molecule has 0 aliphatic heterocycles. The Balaban J connectivity index is 1.44. The van der Waals surface area contributed by atoms with Crippen molar-refractivity contribution in [2.45, 2.75) is 39.7 Å². The summed E-state index contributed by atoms with van der Waals surface area (Å²) in [5.74, 6) is 0.448. The van der Waals surface area contributed by atoms with Crippen LogP contribution in [0.25, 0.3) is 22.7 Å². The number of nitrogens with zero attached hydrogens (tertiary/aromatic N) is 2. The topological polar surface area (TPSA) is 77.3 Å². The van der Waals surface area contributed by atoms with Crippen LogP contribution in [-0.2, 0) is 16.8 Å². The molecule has 0 aliphatic carbocycles. The number of benzene rings is 2. The summed E-state index contributed by atoms with van der Waals surface area (Å²) in [6.45, 7) is 8.61. The highest BCUT2D eigenvalue weighted by atomic mass is 16.5. The molecular formula is C25H25N3O3. The van der Waals surface area contributed by atoms with Crippen LogP contribution >= 0.6 is 0 Å². The first-order chi connectivity index (χ1) is 14.8. The number of anilines is 1. The van der Waals surface area contributed by atoms with E-state index in [-0.39, 0.29) is 12.0 Å². The average Bonchev–Trinajstić information content (AvgIpc) is 3.18. The van der Waals surface area contributed by atoms with E-state index >= 15 is 0 Å². The molecule has 1 N–H and O–H groups in total. The zero-order chi connectivity index (χ0) is 22.0. The second kappa shape index (κ2) is 8.22. The van der Waals surface area contributed by atoms with Gasteiger partial charge in [-0.25, -0.2) is 14.8 Å². The van der Waals surface area contributed by atoms with Crippen molar-refractivity contribution in [1.29, 1.82) is 0 Å². The van der Waals surface area contributed by atoms with Crippen LogP contribution in [0, 0.1) is 6.92 Å². The number of carbonyl (C=O) groups excluding carboxylic acids is 1. The number of amides is 1. The van der Waals surface area contributed by atoms with Gasteiger partial charge in [-0.05, 0) is 53.3 Å². The first-order valence-electron chi connectivity index (χ1n) is 10.2. The molecule has 6 heteroatoms. The first-order valence-corrected chi connectivity index (χ1v) is 10.2. The van der Waals surface area contributed by atoms with Gasteiger partial charge in [-0.2, -0.15) is 0 Å². The van der Waals surface area contributed by atoms with Crippen molar-refractivity contribution in [1.82, 2.24) is 9.97 Å². The van der Waals surface area contributed by atoms with Gasteiger partial charge >= 0.3 is 6.09 Å². The fourth-order valence-corrected chi connectivity index (χ4v) is 3.18. The number of oxazole rings is 1. The lowest BCUT2D eigenvalue weighted by Crippen LogP contribution is -2.15. The van der Waals surface area contributed by atoms with Crippen molar-refractivity contribution in [2.75, 3.05) is 5.32 Å². The van der Waals surface area contributed by atoms with Crippen molar-refractivity contribution < 1.29 is 13.9 Å². The number of ether oxygens (including phenoxy) is 1. The fourth-order valence-electron chi connectivity index (χ4n) is 3.18. The summed E-state index contributed by atoms with van der Waals surface area (Å²) in [7, 11) is 0. The third-order valence-corrected chi connectivity index (χ3v) is 5.08. The van der Waals surface area contributed by atoms with E-state index in [4.69, 9.17) is 9.15 Å². The molecule has 0 saturated heterocycles. The summed E-state index contributed by atoms with van der Waals surface area (Å²) in [6, 6.07) is 17.4. The lowest BCUT2D eigenvalue weighted by Gasteiger charge is -2.19. The minimum atomic E-state index is -0.514. The molecule has 0 bridgehead atoms. The summed E-state index contributed by atoms with van der Waals surface area (Å²) in [6.07, 6.45) is 1.14. The molecular weight excluding hydrogens is 390 g/mol. The molecule has 2 aromatic carbocycles. The van der Waals surface area contributed by atoms with Crippen LogP contribution in [0.15, 0.2) is 65.2 Å². The van der Waals surface area contributed by atoms with E-state index < -0.39 is 6.09 Å². The molecule has 1 amide bonds. The maximum atomic E-state index is 12.4. The van der Waals surface area contributed by atoms with Gasteiger partial charge in [-0.15, -0.1) is 0 Å². The smallest absolute Gasteiger partial charge is 0.411 e. The van der Waals surface area contributed by atoms with Crippen LogP contribution in [0.3, 0.4) is 0 Å². The second-order valence-electron chi connectivity index (χ2n) is 8.52. The Kier molecular flexibility index (Phi) is 5.46. The van der Waals surface area contributed by atoms with Crippen LogP contribution in [-0.4, -0.2) is 16.1 Å². The first kappa shape index (κ1) is 20.6. The molecule has 0 atom stereocenters. The van der Waals surface area contributed by atoms with Gasteiger partial charge in [0.1, 0.15) is 12.1 Å². The van der Waals surface area contributed by atoms with Gasteiger partial charge in [0.25, 0.3) is 0 Å². The predicted octanol–water partition coefficient (Wildman–Crippen LogP) is 6.24. The van der Waals surface area contributed by atoms with Crippen LogP contribution in [0.4, 0.5) is 10.5 Å². The largest absolute Gasteiger partial charge is 0.444 e. The third-order valence-electron chi connectivity index (χ3n) is 5.08. The van der Waals surface area contributed by atoms with Crippen molar-refractivity contribution in [3.8, 4) is 11.5 Å². The normalized spacial score (nSPS) is 11.5. The van der Waals surface area contributed by atoms with Crippen molar-refractivity contribution in [3.63, 3.8) is 0 Å². The van der Waals surface area contributed by atoms with Crippen LogP contribution in [0.5, 0.6) is 0 Å². The Morgan fingerprint density at radius 2 is 1.87 bits per heavy atom. The Hall–Kier alpha value is -3.67. The van der Waals surface area contributed by atoms with E-state index in [1.807, 2.05) is 49.4 Å². The van der Waals surface area contributed by atoms with Crippen molar-refractivity contribution in [3.05, 3.63) is 77.5 Å². The van der Waals surface area contributed by atoms with E-state index in [1.165, 1.54) is 5.56 Å². The number of aromatic nitrogens is 2. The summed E-state index contributed by atoms with van der Waals surface area (Å²) in [5, 5.41) is 2.81. The maximum absolute atomic E-state index is 12.4. The number of hydrogen-bond donors (Lipinski definition) is 1. The lowest BCUT2D eigenvalue weighted by atomic mass is 9.87. The Morgan fingerprint density at radius 3 is 2.58 bits per heavy atom. The zero-order valence-corrected chi connectivity index (χ0v) is 18.1. The Morgan fingerprint density at radius 1 is 1.10 bits per heavy atom. The predicted molar refractivity (Wildman–Crippen MR) is 121 cm³/mol.